The van der Waals surface area contributed by atoms with Gasteiger partial charge in [-0.05, 0) is 6.42 Å². The van der Waals surface area contributed by atoms with Crippen molar-refractivity contribution in [1.82, 2.24) is 0 Å². The first-order valence-electron chi connectivity index (χ1n) is 3.22. The molecule has 0 aliphatic rings. The summed E-state index contributed by atoms with van der Waals surface area (Å²) in [7, 11) is 0. The van der Waals surface area contributed by atoms with E-state index in [2.05, 4.69) is 20.1 Å². The second kappa shape index (κ2) is 5.49. The number of hydrogen-bond acceptors (Lipinski definition) is 1. The van der Waals surface area contributed by atoms with Gasteiger partial charge >= 0.3 is 0 Å². The van der Waals surface area contributed by atoms with Crippen LogP contribution >= 0.6 is 11.8 Å². The lowest BCUT2D eigenvalue weighted by atomic mass is 10.2. The van der Waals surface area contributed by atoms with Gasteiger partial charge in [-0.2, -0.15) is 11.8 Å². The molecule has 0 saturated heterocycles. The van der Waals surface area contributed by atoms with Crippen molar-refractivity contribution >= 4 is 11.8 Å². The van der Waals surface area contributed by atoms with E-state index in [1.165, 1.54) is 19.3 Å². The maximum absolute atomic E-state index is 3.76. The quantitative estimate of drug-likeness (QED) is 0.565. The monoisotopic (exact) mass is 131 g/mol. The Bertz CT molecular complexity index is 43.7. The van der Waals surface area contributed by atoms with Crippen molar-refractivity contribution in [2.45, 2.75) is 38.4 Å². The van der Waals surface area contributed by atoms with Crippen molar-refractivity contribution in [2.24, 2.45) is 0 Å². The third-order valence-electron chi connectivity index (χ3n) is 1.25. The molecule has 1 radical (unpaired) electrons. The molecule has 0 rings (SSSR count). The van der Waals surface area contributed by atoms with E-state index >= 15 is 0 Å². The molecule has 0 heterocycles. The van der Waals surface area contributed by atoms with Gasteiger partial charge in [0.05, 0.1) is 0 Å². The van der Waals surface area contributed by atoms with Crippen molar-refractivity contribution in [1.29, 1.82) is 0 Å². The standard InChI is InChI=1S/C7H15S/c1-4-5-6-7(2)8-3/h7H,3-6H2,1-2H3. The molecule has 0 aromatic carbocycles. The molecule has 0 nitrogen and oxygen atoms in total. The van der Waals surface area contributed by atoms with Crippen LogP contribution < -0.4 is 0 Å². The van der Waals surface area contributed by atoms with E-state index in [-0.39, 0.29) is 0 Å². The van der Waals surface area contributed by atoms with Crippen LogP contribution in [0, 0.1) is 6.26 Å². The number of thioether (sulfide) groups is 1. The first-order valence-corrected chi connectivity index (χ1v) is 4.27. The third-order valence-corrected chi connectivity index (χ3v) is 2.05. The lowest BCUT2D eigenvalue weighted by Gasteiger charge is -2.04. The highest BCUT2D eigenvalue weighted by Gasteiger charge is 1.95. The highest BCUT2D eigenvalue weighted by atomic mass is 32.2. The van der Waals surface area contributed by atoms with Gasteiger partial charge in [-0.25, -0.2) is 0 Å². The SMILES string of the molecule is [CH2]SC(C)CCCC. The van der Waals surface area contributed by atoms with Crippen molar-refractivity contribution < 1.29 is 0 Å². The van der Waals surface area contributed by atoms with Crippen LogP contribution in [0.3, 0.4) is 0 Å². The zero-order valence-electron chi connectivity index (χ0n) is 5.81. The van der Waals surface area contributed by atoms with E-state index in [4.69, 9.17) is 0 Å². The van der Waals surface area contributed by atoms with Crippen LogP contribution in [0.2, 0.25) is 0 Å². The summed E-state index contributed by atoms with van der Waals surface area (Å²) >= 11 is 1.71. The number of rotatable bonds is 4. The molecule has 0 bridgehead atoms. The van der Waals surface area contributed by atoms with Crippen molar-refractivity contribution in [3.8, 4) is 0 Å². The molecule has 1 unspecified atom stereocenters. The maximum atomic E-state index is 3.76. The molecule has 0 fully saturated rings. The highest BCUT2D eigenvalue weighted by Crippen LogP contribution is 2.13. The Kier molecular flexibility index (Phi) is 5.73. The smallest absolute Gasteiger partial charge is 0.00263 e. The average molecular weight is 131 g/mol. The first-order chi connectivity index (χ1) is 3.81. The second-order valence-corrected chi connectivity index (χ2v) is 3.26. The Morgan fingerprint density at radius 1 is 1.62 bits per heavy atom. The summed E-state index contributed by atoms with van der Waals surface area (Å²) in [5, 5.41) is 0.759. The first kappa shape index (κ1) is 8.35. The fourth-order valence-corrected chi connectivity index (χ4v) is 0.908. The summed E-state index contributed by atoms with van der Waals surface area (Å²) in [4.78, 5) is 0. The molecule has 0 aliphatic carbocycles. The lowest BCUT2D eigenvalue weighted by molar-refractivity contribution is 0.714. The topological polar surface area (TPSA) is 0 Å². The second-order valence-electron chi connectivity index (χ2n) is 2.12. The van der Waals surface area contributed by atoms with E-state index in [1.54, 1.807) is 11.8 Å². The van der Waals surface area contributed by atoms with E-state index in [1.807, 2.05) is 0 Å². The van der Waals surface area contributed by atoms with E-state index < -0.39 is 0 Å². The van der Waals surface area contributed by atoms with Crippen LogP contribution in [0.1, 0.15) is 33.1 Å². The van der Waals surface area contributed by atoms with Crippen molar-refractivity contribution in [3.63, 3.8) is 0 Å². The molecule has 0 saturated carbocycles. The zero-order valence-corrected chi connectivity index (χ0v) is 6.63. The van der Waals surface area contributed by atoms with Crippen molar-refractivity contribution in [2.75, 3.05) is 0 Å². The fraction of sp³-hybridized carbons (Fsp3) is 0.857. The molecule has 49 valence electrons. The Morgan fingerprint density at radius 2 is 2.25 bits per heavy atom. The zero-order chi connectivity index (χ0) is 6.41. The van der Waals surface area contributed by atoms with E-state index in [0.29, 0.717) is 0 Å². The molecule has 0 aliphatic heterocycles. The van der Waals surface area contributed by atoms with Gasteiger partial charge in [-0.15, -0.1) is 0 Å². The number of unbranched alkanes of at least 4 members (excludes halogenated alkanes) is 1. The highest BCUT2D eigenvalue weighted by molar-refractivity contribution is 8.01. The van der Waals surface area contributed by atoms with Gasteiger partial charge < -0.3 is 0 Å². The minimum absolute atomic E-state index is 0.759. The van der Waals surface area contributed by atoms with Crippen LogP contribution in [0.15, 0.2) is 0 Å². The molecule has 0 spiro atoms. The van der Waals surface area contributed by atoms with E-state index in [9.17, 15) is 0 Å². The molecule has 0 amide bonds. The van der Waals surface area contributed by atoms with Gasteiger partial charge in [0.1, 0.15) is 0 Å². The predicted molar refractivity (Wildman–Crippen MR) is 41.9 cm³/mol. The molecular formula is C7H15S. The van der Waals surface area contributed by atoms with Crippen molar-refractivity contribution in [3.05, 3.63) is 6.26 Å². The average Bonchev–Trinajstić information content (AvgIpc) is 1.83. The number of hydrogen-bond donors (Lipinski definition) is 0. The van der Waals surface area contributed by atoms with Crippen LogP contribution in [0.4, 0.5) is 0 Å². The van der Waals surface area contributed by atoms with Gasteiger partial charge in [0, 0.05) is 11.5 Å². The molecule has 0 aromatic rings. The maximum Gasteiger partial charge on any atom is 0.00263 e. The molecular weight excluding hydrogens is 116 g/mol. The fourth-order valence-electron chi connectivity index (χ4n) is 0.575. The summed E-state index contributed by atoms with van der Waals surface area (Å²) < 4.78 is 0. The molecule has 8 heavy (non-hydrogen) atoms. The molecule has 0 aromatic heterocycles. The van der Waals surface area contributed by atoms with Gasteiger partial charge in [-0.1, -0.05) is 26.7 Å². The minimum Gasteiger partial charge on any atom is -0.158 e. The normalized spacial score (nSPS) is 13.9. The van der Waals surface area contributed by atoms with Crippen LogP contribution in [0.25, 0.3) is 0 Å². The predicted octanol–water partition coefficient (Wildman–Crippen LogP) is 3.09. The van der Waals surface area contributed by atoms with Crippen LogP contribution in [-0.4, -0.2) is 5.25 Å². The molecule has 1 atom stereocenters. The summed E-state index contributed by atoms with van der Waals surface area (Å²) in [5.74, 6) is 0. The van der Waals surface area contributed by atoms with Gasteiger partial charge in [0.15, 0.2) is 0 Å². The lowest BCUT2D eigenvalue weighted by Crippen LogP contribution is -1.91. The Balaban J connectivity index is 2.86. The van der Waals surface area contributed by atoms with Gasteiger partial charge in [-0.3, -0.25) is 0 Å². The molecule has 1 heteroatoms. The third kappa shape index (κ3) is 4.51. The molecule has 0 N–H and O–H groups in total. The van der Waals surface area contributed by atoms with E-state index in [0.717, 1.165) is 5.25 Å². The summed E-state index contributed by atoms with van der Waals surface area (Å²) in [6.45, 7) is 4.45. The summed E-state index contributed by atoms with van der Waals surface area (Å²) in [5.41, 5.74) is 0. The van der Waals surface area contributed by atoms with Crippen LogP contribution in [0.5, 0.6) is 0 Å². The van der Waals surface area contributed by atoms with Gasteiger partial charge in [0.2, 0.25) is 0 Å². The summed E-state index contributed by atoms with van der Waals surface area (Å²) in [6, 6.07) is 0. The van der Waals surface area contributed by atoms with Crippen LogP contribution in [-0.2, 0) is 0 Å². The summed E-state index contributed by atoms with van der Waals surface area (Å²) in [6.07, 6.45) is 7.74. The Labute approximate surface area is 57.1 Å². The largest absolute Gasteiger partial charge is 0.158 e. The Morgan fingerprint density at radius 3 is 2.62 bits per heavy atom. The minimum atomic E-state index is 0.759. The van der Waals surface area contributed by atoms with Gasteiger partial charge in [0.25, 0.3) is 0 Å². The Hall–Kier alpha value is 0.350.